The van der Waals surface area contributed by atoms with Gasteiger partial charge in [-0.15, -0.1) is 0 Å². The lowest BCUT2D eigenvalue weighted by Gasteiger charge is -2.29. The van der Waals surface area contributed by atoms with Crippen LogP contribution in [0.25, 0.3) is 0 Å². The van der Waals surface area contributed by atoms with Gasteiger partial charge in [-0.05, 0) is 72.2 Å². The zero-order valence-electron chi connectivity index (χ0n) is 14.6. The molecule has 2 aromatic rings. The Morgan fingerprint density at radius 2 is 2.15 bits per heavy atom. The van der Waals surface area contributed by atoms with E-state index >= 15 is 0 Å². The Morgan fingerprint density at radius 3 is 2.85 bits per heavy atom. The third-order valence-electron chi connectivity index (χ3n) is 6.12. The summed E-state index contributed by atoms with van der Waals surface area (Å²) >= 11 is 8.63. The Balaban J connectivity index is 1.60. The van der Waals surface area contributed by atoms with Crippen LogP contribution in [0.4, 0.5) is 0 Å². The topological polar surface area (TPSA) is 61.2 Å². The largest absolute Gasteiger partial charge is 0.465 e. The Bertz CT molecular complexity index is 982. The molecule has 2 heterocycles. The third-order valence-corrected chi connectivity index (χ3v) is 7.30. The van der Waals surface area contributed by atoms with Crippen LogP contribution in [0.15, 0.2) is 18.2 Å². The van der Waals surface area contributed by atoms with Gasteiger partial charge in [0.1, 0.15) is 3.70 Å². The second-order valence-electron chi connectivity index (χ2n) is 7.75. The lowest BCUT2D eigenvalue weighted by Crippen LogP contribution is -2.35. The lowest BCUT2D eigenvalue weighted by molar-refractivity contribution is -0.146. The molecule has 2 fully saturated rings. The van der Waals surface area contributed by atoms with Crippen molar-refractivity contribution in [3.8, 4) is 0 Å². The van der Waals surface area contributed by atoms with Crippen molar-refractivity contribution in [3.63, 3.8) is 0 Å². The second-order valence-corrected chi connectivity index (χ2v) is 9.18. The third kappa shape index (κ3) is 2.75. The first kappa shape index (κ1) is 17.7. The van der Waals surface area contributed by atoms with E-state index in [1.165, 1.54) is 4.68 Å². The molecular weight excluding hydrogens is 479 g/mol. The summed E-state index contributed by atoms with van der Waals surface area (Å²) in [5, 5.41) is 5.02. The molecule has 0 N–H and O–H groups in total. The summed E-state index contributed by atoms with van der Waals surface area (Å²) in [5.41, 5.74) is 2.98. The molecule has 1 aromatic carbocycles. The van der Waals surface area contributed by atoms with Crippen molar-refractivity contribution in [1.29, 1.82) is 0 Å². The average Bonchev–Trinajstić information content (AvgIpc) is 3.38. The van der Waals surface area contributed by atoms with E-state index in [0.29, 0.717) is 36.0 Å². The molecule has 2 aliphatic carbocycles. The number of carbonyl (C=O) groups is 2. The van der Waals surface area contributed by atoms with Crippen LogP contribution in [-0.4, -0.2) is 28.3 Å². The summed E-state index contributed by atoms with van der Waals surface area (Å²) in [4.78, 5) is 25.9. The van der Waals surface area contributed by atoms with Crippen molar-refractivity contribution in [1.82, 2.24) is 9.78 Å². The van der Waals surface area contributed by atoms with Crippen LogP contribution < -0.4 is 0 Å². The molecule has 0 radical (unpaired) electrons. The minimum atomic E-state index is -0.506. The van der Waals surface area contributed by atoms with Crippen molar-refractivity contribution < 1.29 is 14.3 Å². The number of esters is 1. The first-order valence-corrected chi connectivity index (χ1v) is 10.7. The fraction of sp³-hybridized carbons (Fsp3) is 0.450. The van der Waals surface area contributed by atoms with E-state index in [-0.39, 0.29) is 11.9 Å². The van der Waals surface area contributed by atoms with Crippen LogP contribution in [0, 0.1) is 9.12 Å². The minimum Gasteiger partial charge on any atom is -0.465 e. The molecule has 27 heavy (non-hydrogen) atoms. The van der Waals surface area contributed by atoms with Gasteiger partial charge in [0, 0.05) is 12.0 Å². The molecule has 1 atom stereocenters. The van der Waals surface area contributed by atoms with Gasteiger partial charge in [-0.2, -0.15) is 9.78 Å². The predicted octanol–water partition coefficient (Wildman–Crippen LogP) is 4.13. The SMILES string of the molecule is O=C(c1c(Cl)cccc1C1CC1)n1nc(I)c2c1CC1(CCOC1=O)CC2. The van der Waals surface area contributed by atoms with E-state index in [1.54, 1.807) is 6.07 Å². The highest BCUT2D eigenvalue weighted by Gasteiger charge is 2.48. The summed E-state index contributed by atoms with van der Waals surface area (Å²) in [6.45, 7) is 0.462. The number of carbonyl (C=O) groups excluding carboxylic acids is 2. The molecule has 1 aromatic heterocycles. The molecular formula is C20H18ClIN2O3. The van der Waals surface area contributed by atoms with Crippen molar-refractivity contribution in [2.45, 2.75) is 44.4 Å². The van der Waals surface area contributed by atoms with Gasteiger partial charge >= 0.3 is 5.97 Å². The zero-order valence-corrected chi connectivity index (χ0v) is 17.5. The predicted molar refractivity (Wildman–Crippen MR) is 108 cm³/mol. The molecule has 1 saturated heterocycles. The molecule has 5 nitrogen and oxygen atoms in total. The maximum atomic E-state index is 13.5. The van der Waals surface area contributed by atoms with Crippen LogP contribution in [0.3, 0.4) is 0 Å². The quantitative estimate of drug-likeness (QED) is 0.463. The number of benzene rings is 1. The van der Waals surface area contributed by atoms with E-state index in [9.17, 15) is 9.59 Å². The molecule has 5 rings (SSSR count). The van der Waals surface area contributed by atoms with Gasteiger partial charge in [-0.25, -0.2) is 0 Å². The van der Waals surface area contributed by atoms with Gasteiger partial charge < -0.3 is 4.74 Å². The van der Waals surface area contributed by atoms with Crippen LogP contribution in [-0.2, 0) is 22.4 Å². The summed E-state index contributed by atoms with van der Waals surface area (Å²) < 4.78 is 7.58. The molecule has 1 saturated carbocycles. The van der Waals surface area contributed by atoms with Gasteiger partial charge in [0.15, 0.2) is 0 Å². The van der Waals surface area contributed by atoms with E-state index in [2.05, 4.69) is 27.7 Å². The fourth-order valence-corrected chi connectivity index (χ4v) is 5.47. The number of cyclic esters (lactones) is 1. The van der Waals surface area contributed by atoms with Crippen molar-refractivity contribution in [3.05, 3.63) is 49.3 Å². The average molecular weight is 497 g/mol. The first-order valence-electron chi connectivity index (χ1n) is 9.27. The number of aromatic nitrogens is 2. The maximum Gasteiger partial charge on any atom is 0.312 e. The fourth-order valence-electron chi connectivity index (χ4n) is 4.41. The van der Waals surface area contributed by atoms with E-state index in [0.717, 1.165) is 46.2 Å². The van der Waals surface area contributed by atoms with Crippen molar-refractivity contribution in [2.75, 3.05) is 6.61 Å². The Labute approximate surface area is 175 Å². The van der Waals surface area contributed by atoms with Gasteiger partial charge in [0.2, 0.25) is 0 Å². The van der Waals surface area contributed by atoms with Crippen molar-refractivity contribution >= 4 is 46.1 Å². The molecule has 7 heteroatoms. The van der Waals surface area contributed by atoms with Gasteiger partial charge in [0.05, 0.1) is 28.3 Å². The molecule has 1 spiro atoms. The number of hydrogen-bond donors (Lipinski definition) is 0. The van der Waals surface area contributed by atoms with Gasteiger partial charge in [-0.1, -0.05) is 23.7 Å². The summed E-state index contributed by atoms with van der Waals surface area (Å²) in [7, 11) is 0. The smallest absolute Gasteiger partial charge is 0.312 e. The standard InChI is InChI=1S/C20H18ClIN2O3/c21-14-3-1-2-12(11-4-5-11)16(14)18(25)24-15-10-20(8-9-27-19(20)26)7-6-13(15)17(22)23-24/h1-3,11H,4-10H2. The number of halogens is 2. The Hall–Kier alpha value is -1.41. The number of rotatable bonds is 2. The highest BCUT2D eigenvalue weighted by molar-refractivity contribution is 14.1. The maximum absolute atomic E-state index is 13.5. The van der Waals surface area contributed by atoms with Gasteiger partial charge in [0.25, 0.3) is 5.91 Å². The number of ether oxygens (including phenoxy) is 1. The molecule has 140 valence electrons. The first-order chi connectivity index (χ1) is 13.0. The molecule has 0 amide bonds. The van der Waals surface area contributed by atoms with E-state index in [1.807, 2.05) is 12.1 Å². The molecule has 0 bridgehead atoms. The molecule has 1 unspecified atom stereocenters. The Kier molecular flexibility index (Phi) is 4.13. The summed E-state index contributed by atoms with van der Waals surface area (Å²) in [5.74, 6) is 0.0779. The summed E-state index contributed by atoms with van der Waals surface area (Å²) in [6, 6.07) is 5.66. The van der Waals surface area contributed by atoms with E-state index < -0.39 is 5.41 Å². The van der Waals surface area contributed by atoms with Crippen molar-refractivity contribution in [2.24, 2.45) is 5.41 Å². The molecule has 3 aliphatic rings. The highest BCUT2D eigenvalue weighted by Crippen LogP contribution is 2.45. The Morgan fingerprint density at radius 1 is 1.33 bits per heavy atom. The number of nitrogens with zero attached hydrogens (tertiary/aromatic N) is 2. The number of hydrogen-bond acceptors (Lipinski definition) is 4. The van der Waals surface area contributed by atoms with Crippen LogP contribution >= 0.6 is 34.2 Å². The lowest BCUT2D eigenvalue weighted by atomic mass is 9.72. The summed E-state index contributed by atoms with van der Waals surface area (Å²) in [6.07, 6.45) is 4.89. The monoisotopic (exact) mass is 496 g/mol. The van der Waals surface area contributed by atoms with Crippen LogP contribution in [0.2, 0.25) is 5.02 Å². The number of fused-ring (bicyclic) bond motifs is 1. The molecule has 1 aliphatic heterocycles. The van der Waals surface area contributed by atoms with Crippen LogP contribution in [0.1, 0.15) is 58.8 Å². The van der Waals surface area contributed by atoms with Gasteiger partial charge in [-0.3, -0.25) is 9.59 Å². The van der Waals surface area contributed by atoms with E-state index in [4.69, 9.17) is 16.3 Å². The highest BCUT2D eigenvalue weighted by atomic mass is 127. The normalized spacial score (nSPS) is 24.1. The van der Waals surface area contributed by atoms with Crippen LogP contribution in [0.5, 0.6) is 0 Å². The zero-order chi connectivity index (χ0) is 18.8. The second kappa shape index (κ2) is 6.30. The minimum absolute atomic E-state index is 0.139.